The maximum atomic E-state index is 13.7. The summed E-state index contributed by atoms with van der Waals surface area (Å²) in [6, 6.07) is 17.2. The van der Waals surface area contributed by atoms with E-state index in [0.717, 1.165) is 11.3 Å². The number of benzene rings is 2. The lowest BCUT2D eigenvalue weighted by Crippen LogP contribution is -2.30. The first-order valence-corrected chi connectivity index (χ1v) is 7.82. The molecule has 0 bridgehead atoms. The monoisotopic (exact) mass is 336 g/mol. The number of aromatic hydroxyl groups is 1. The van der Waals surface area contributed by atoms with Crippen LogP contribution in [0.2, 0.25) is 0 Å². The van der Waals surface area contributed by atoms with Crippen molar-refractivity contribution in [2.24, 2.45) is 0 Å². The molecule has 25 heavy (non-hydrogen) atoms. The summed E-state index contributed by atoms with van der Waals surface area (Å²) in [6.07, 6.45) is 0. The second-order valence-corrected chi connectivity index (χ2v) is 5.68. The van der Waals surface area contributed by atoms with Crippen molar-refractivity contribution < 1.29 is 14.3 Å². The highest BCUT2D eigenvalue weighted by Gasteiger charge is 2.21. The number of rotatable bonds is 4. The van der Waals surface area contributed by atoms with E-state index in [4.69, 9.17) is 0 Å². The Morgan fingerprint density at radius 3 is 2.56 bits per heavy atom. The van der Waals surface area contributed by atoms with Gasteiger partial charge in [0.25, 0.3) is 5.91 Å². The number of amides is 1. The molecule has 0 fully saturated rings. The van der Waals surface area contributed by atoms with Crippen LogP contribution < -0.4 is 5.32 Å². The van der Waals surface area contributed by atoms with Crippen LogP contribution in [0.3, 0.4) is 0 Å². The summed E-state index contributed by atoms with van der Waals surface area (Å²) in [6.45, 7) is 1.80. The van der Waals surface area contributed by atoms with E-state index >= 15 is 0 Å². The van der Waals surface area contributed by atoms with Crippen molar-refractivity contribution in [1.82, 2.24) is 10.3 Å². The maximum Gasteiger partial charge on any atom is 0.270 e. The van der Waals surface area contributed by atoms with Gasteiger partial charge in [0.15, 0.2) is 0 Å². The largest absolute Gasteiger partial charge is 0.508 e. The minimum atomic E-state index is -0.702. The van der Waals surface area contributed by atoms with Crippen LogP contribution in [0, 0.1) is 12.7 Å². The second-order valence-electron chi connectivity index (χ2n) is 5.68. The third kappa shape index (κ3) is 3.83. The number of aromatic nitrogens is 1. The fraction of sp³-hybridized carbons (Fsp3) is 0.100. The molecular formula is C20H17FN2O2. The molecule has 0 spiro atoms. The number of aryl methyl sites for hydroxylation is 1. The molecule has 0 saturated heterocycles. The summed E-state index contributed by atoms with van der Waals surface area (Å²) in [5, 5.41) is 13.0. The average Bonchev–Trinajstić information content (AvgIpc) is 2.62. The summed E-state index contributed by atoms with van der Waals surface area (Å²) in [4.78, 5) is 16.8. The number of carbonyl (C=O) groups is 1. The van der Waals surface area contributed by atoms with Gasteiger partial charge in [0.1, 0.15) is 17.3 Å². The zero-order valence-corrected chi connectivity index (χ0v) is 13.6. The number of phenolic OH excluding ortho intramolecular Hbond substituents is 1. The van der Waals surface area contributed by atoms with Crippen molar-refractivity contribution in [3.8, 4) is 5.75 Å². The van der Waals surface area contributed by atoms with Crippen molar-refractivity contribution >= 4 is 5.91 Å². The molecule has 0 aliphatic heterocycles. The van der Waals surface area contributed by atoms with Gasteiger partial charge < -0.3 is 10.4 Å². The molecule has 0 saturated carbocycles. The number of halogens is 1. The highest BCUT2D eigenvalue weighted by Crippen LogP contribution is 2.30. The molecule has 1 aromatic heterocycles. The Kier molecular flexibility index (Phi) is 4.75. The third-order valence-electron chi connectivity index (χ3n) is 3.83. The van der Waals surface area contributed by atoms with Gasteiger partial charge in [-0.1, -0.05) is 36.4 Å². The molecule has 0 aliphatic rings. The van der Waals surface area contributed by atoms with E-state index < -0.39 is 17.8 Å². The van der Waals surface area contributed by atoms with Gasteiger partial charge in [-0.2, -0.15) is 0 Å². The van der Waals surface area contributed by atoms with Gasteiger partial charge in [0.2, 0.25) is 0 Å². The predicted molar refractivity (Wildman–Crippen MR) is 92.8 cm³/mol. The molecule has 0 aliphatic carbocycles. The van der Waals surface area contributed by atoms with E-state index in [0.29, 0.717) is 0 Å². The van der Waals surface area contributed by atoms with Crippen molar-refractivity contribution in [3.63, 3.8) is 0 Å². The van der Waals surface area contributed by atoms with Crippen LogP contribution in [0.5, 0.6) is 5.75 Å². The van der Waals surface area contributed by atoms with Gasteiger partial charge in [-0.05, 0) is 42.8 Å². The van der Waals surface area contributed by atoms with Crippen LogP contribution in [0.4, 0.5) is 4.39 Å². The number of hydrogen-bond acceptors (Lipinski definition) is 3. The lowest BCUT2D eigenvalue weighted by Gasteiger charge is -2.21. The predicted octanol–water partition coefficient (Wildman–Crippen LogP) is 3.75. The molecule has 0 radical (unpaired) electrons. The molecule has 2 aromatic carbocycles. The van der Waals surface area contributed by atoms with E-state index in [9.17, 15) is 14.3 Å². The number of pyridine rings is 1. The van der Waals surface area contributed by atoms with Crippen molar-refractivity contribution in [2.45, 2.75) is 13.0 Å². The molecular weight excluding hydrogens is 319 g/mol. The normalized spacial score (nSPS) is 11.8. The lowest BCUT2D eigenvalue weighted by molar-refractivity contribution is 0.0937. The Labute approximate surface area is 145 Å². The van der Waals surface area contributed by atoms with E-state index in [1.165, 1.54) is 18.2 Å². The molecule has 3 aromatic rings. The van der Waals surface area contributed by atoms with Gasteiger partial charge in [-0.25, -0.2) is 9.37 Å². The Bertz CT molecular complexity index is 897. The van der Waals surface area contributed by atoms with Gasteiger partial charge in [0, 0.05) is 11.3 Å². The topological polar surface area (TPSA) is 62.2 Å². The Morgan fingerprint density at radius 1 is 1.08 bits per heavy atom. The molecule has 5 heteroatoms. The standard InChI is InChI=1S/C20H17FN2O2/c1-13-6-5-9-17(22-13)20(25)23-19(14-7-3-2-4-8-14)16-12-15(21)10-11-18(16)24/h2-12,19,24H,1H3,(H,23,25)/t19-/m0/s1. The van der Waals surface area contributed by atoms with Crippen LogP contribution in [0.1, 0.15) is 33.4 Å². The second kappa shape index (κ2) is 7.13. The first-order valence-electron chi connectivity index (χ1n) is 7.82. The minimum Gasteiger partial charge on any atom is -0.508 e. The quantitative estimate of drug-likeness (QED) is 0.763. The summed E-state index contributed by atoms with van der Waals surface area (Å²) in [5.74, 6) is -0.981. The van der Waals surface area contributed by atoms with E-state index in [2.05, 4.69) is 10.3 Å². The van der Waals surface area contributed by atoms with Gasteiger partial charge in [-0.3, -0.25) is 4.79 Å². The van der Waals surface area contributed by atoms with Crippen molar-refractivity contribution in [1.29, 1.82) is 0 Å². The molecule has 1 atom stereocenters. The van der Waals surface area contributed by atoms with Crippen LogP contribution >= 0.6 is 0 Å². The van der Waals surface area contributed by atoms with Crippen LogP contribution in [-0.2, 0) is 0 Å². The molecule has 3 rings (SSSR count). The number of phenols is 1. The van der Waals surface area contributed by atoms with E-state index in [1.807, 2.05) is 18.2 Å². The summed E-state index contributed by atoms with van der Waals surface area (Å²) >= 11 is 0. The Hall–Kier alpha value is -3.21. The molecule has 2 N–H and O–H groups in total. The van der Waals surface area contributed by atoms with Gasteiger partial charge in [-0.15, -0.1) is 0 Å². The van der Waals surface area contributed by atoms with Crippen molar-refractivity contribution in [3.05, 3.63) is 95.1 Å². The van der Waals surface area contributed by atoms with Crippen molar-refractivity contribution in [2.75, 3.05) is 0 Å². The number of nitrogens with zero attached hydrogens (tertiary/aromatic N) is 1. The highest BCUT2D eigenvalue weighted by molar-refractivity contribution is 5.92. The van der Waals surface area contributed by atoms with Gasteiger partial charge in [0.05, 0.1) is 6.04 Å². The Morgan fingerprint density at radius 2 is 1.84 bits per heavy atom. The van der Waals surface area contributed by atoms with Crippen LogP contribution in [0.25, 0.3) is 0 Å². The molecule has 4 nitrogen and oxygen atoms in total. The fourth-order valence-electron chi connectivity index (χ4n) is 2.62. The Balaban J connectivity index is 2.00. The smallest absolute Gasteiger partial charge is 0.270 e. The average molecular weight is 336 g/mol. The summed E-state index contributed by atoms with van der Waals surface area (Å²) < 4.78 is 13.7. The van der Waals surface area contributed by atoms with E-state index in [-0.39, 0.29) is 17.0 Å². The minimum absolute atomic E-state index is 0.0900. The maximum absolute atomic E-state index is 13.7. The molecule has 1 heterocycles. The fourth-order valence-corrected chi connectivity index (χ4v) is 2.62. The highest BCUT2D eigenvalue weighted by atomic mass is 19.1. The molecule has 1 amide bonds. The van der Waals surface area contributed by atoms with Gasteiger partial charge >= 0.3 is 0 Å². The van der Waals surface area contributed by atoms with E-state index in [1.54, 1.807) is 37.3 Å². The van der Waals surface area contributed by atoms with Crippen LogP contribution in [-0.4, -0.2) is 16.0 Å². The summed E-state index contributed by atoms with van der Waals surface area (Å²) in [5.41, 5.74) is 1.99. The number of carbonyl (C=O) groups excluding carboxylic acids is 1. The number of hydrogen-bond donors (Lipinski definition) is 2. The SMILES string of the molecule is Cc1cccc(C(=O)N[C@@H](c2ccccc2)c2cc(F)ccc2O)n1. The molecule has 0 unspecified atom stereocenters. The first kappa shape index (κ1) is 16.6. The first-order chi connectivity index (χ1) is 12.0. The lowest BCUT2D eigenvalue weighted by atomic mass is 9.97. The van der Waals surface area contributed by atoms with Crippen LogP contribution in [0.15, 0.2) is 66.7 Å². The third-order valence-corrected chi connectivity index (χ3v) is 3.83. The zero-order chi connectivity index (χ0) is 17.8. The summed E-state index contributed by atoms with van der Waals surface area (Å²) in [7, 11) is 0. The zero-order valence-electron chi connectivity index (χ0n) is 13.6. The molecule has 126 valence electrons. The number of nitrogens with one attached hydrogen (secondary N) is 1.